The third kappa shape index (κ3) is 6.24. The SMILES string of the molecule is CCCP(=O)(Oc1ccccc1OCC)O[C@@H](C)C(=O)OCC. The maximum absolute atomic E-state index is 13.0. The molecule has 7 heteroatoms. The van der Waals surface area contributed by atoms with Crippen LogP contribution >= 0.6 is 7.60 Å². The van der Waals surface area contributed by atoms with E-state index in [0.29, 0.717) is 24.5 Å². The van der Waals surface area contributed by atoms with Crippen LogP contribution in [0.3, 0.4) is 0 Å². The fourth-order valence-corrected chi connectivity index (χ4v) is 3.69. The Balaban J connectivity index is 2.92. The minimum absolute atomic E-state index is 0.192. The summed E-state index contributed by atoms with van der Waals surface area (Å²) in [6.45, 7) is 7.60. The highest BCUT2D eigenvalue weighted by molar-refractivity contribution is 7.54. The molecule has 1 aromatic carbocycles. The van der Waals surface area contributed by atoms with E-state index in [2.05, 4.69) is 0 Å². The lowest BCUT2D eigenvalue weighted by atomic mass is 10.3. The van der Waals surface area contributed by atoms with Gasteiger partial charge in [-0.3, -0.25) is 4.52 Å². The van der Waals surface area contributed by atoms with Crippen molar-refractivity contribution in [1.82, 2.24) is 0 Å². The van der Waals surface area contributed by atoms with Crippen molar-refractivity contribution in [3.8, 4) is 11.5 Å². The number of para-hydroxylation sites is 2. The Bertz CT molecular complexity index is 545. The molecule has 0 aliphatic heterocycles. The number of carbonyl (C=O) groups is 1. The average Bonchev–Trinajstić information content (AvgIpc) is 2.49. The Morgan fingerprint density at radius 3 is 2.35 bits per heavy atom. The summed E-state index contributed by atoms with van der Waals surface area (Å²) in [4.78, 5) is 11.7. The van der Waals surface area contributed by atoms with Crippen LogP contribution in [0.15, 0.2) is 24.3 Å². The van der Waals surface area contributed by atoms with Crippen molar-refractivity contribution < 1.29 is 27.9 Å². The van der Waals surface area contributed by atoms with E-state index in [9.17, 15) is 9.36 Å². The first-order chi connectivity index (χ1) is 11.0. The van der Waals surface area contributed by atoms with E-state index in [1.165, 1.54) is 6.92 Å². The van der Waals surface area contributed by atoms with E-state index in [0.717, 1.165) is 0 Å². The van der Waals surface area contributed by atoms with Crippen LogP contribution in [0, 0.1) is 0 Å². The molecule has 0 saturated heterocycles. The van der Waals surface area contributed by atoms with Gasteiger partial charge in [0.15, 0.2) is 17.6 Å². The zero-order valence-electron chi connectivity index (χ0n) is 14.1. The van der Waals surface area contributed by atoms with E-state index in [-0.39, 0.29) is 12.8 Å². The molecule has 0 amide bonds. The Labute approximate surface area is 137 Å². The molecular weight excluding hydrogens is 319 g/mol. The molecule has 0 saturated carbocycles. The first-order valence-corrected chi connectivity index (χ1v) is 9.54. The molecule has 0 N–H and O–H groups in total. The quantitative estimate of drug-likeness (QED) is 0.471. The second-order valence-corrected chi connectivity index (χ2v) is 6.87. The molecule has 6 nitrogen and oxygen atoms in total. The molecule has 0 bridgehead atoms. The molecule has 1 aromatic rings. The van der Waals surface area contributed by atoms with Gasteiger partial charge in [0.05, 0.1) is 19.4 Å². The summed E-state index contributed by atoms with van der Waals surface area (Å²) >= 11 is 0. The van der Waals surface area contributed by atoms with Gasteiger partial charge in [0.2, 0.25) is 0 Å². The molecule has 0 aliphatic carbocycles. The minimum Gasteiger partial charge on any atom is -0.490 e. The summed E-state index contributed by atoms with van der Waals surface area (Å²) in [7, 11) is -3.51. The Morgan fingerprint density at radius 1 is 1.13 bits per heavy atom. The topological polar surface area (TPSA) is 71.1 Å². The molecule has 1 rings (SSSR count). The van der Waals surface area contributed by atoms with E-state index < -0.39 is 19.7 Å². The maximum atomic E-state index is 13.0. The second kappa shape index (κ2) is 9.58. The van der Waals surface area contributed by atoms with Crippen LogP contribution in [0.1, 0.15) is 34.1 Å². The molecule has 0 aromatic heterocycles. The van der Waals surface area contributed by atoms with Crippen molar-refractivity contribution in [3.05, 3.63) is 24.3 Å². The van der Waals surface area contributed by atoms with E-state index in [1.54, 1.807) is 31.2 Å². The monoisotopic (exact) mass is 344 g/mol. The van der Waals surface area contributed by atoms with Gasteiger partial charge in [0.1, 0.15) is 0 Å². The van der Waals surface area contributed by atoms with Crippen LogP contribution in [0.5, 0.6) is 11.5 Å². The summed E-state index contributed by atoms with van der Waals surface area (Å²) in [5.41, 5.74) is 0. The summed E-state index contributed by atoms with van der Waals surface area (Å²) in [6, 6.07) is 6.93. The highest BCUT2D eigenvalue weighted by Gasteiger charge is 2.32. The van der Waals surface area contributed by atoms with Crippen molar-refractivity contribution in [3.63, 3.8) is 0 Å². The third-order valence-electron chi connectivity index (χ3n) is 2.82. The number of hydrogen-bond acceptors (Lipinski definition) is 6. The second-order valence-electron chi connectivity index (χ2n) is 4.81. The standard InChI is InChI=1S/C16H25O6P/c1-5-12-23(18,21-13(4)16(17)20-7-3)22-15-11-9-8-10-14(15)19-6-2/h8-11,13H,5-7,12H2,1-4H3/t13-,23?/m0/s1. The van der Waals surface area contributed by atoms with Crippen LogP contribution in [0.2, 0.25) is 0 Å². The van der Waals surface area contributed by atoms with Gasteiger partial charge in [-0.2, -0.15) is 0 Å². The third-order valence-corrected chi connectivity index (χ3v) is 4.93. The molecule has 0 radical (unpaired) electrons. The fraction of sp³-hybridized carbons (Fsp3) is 0.562. The molecule has 1 unspecified atom stereocenters. The van der Waals surface area contributed by atoms with Gasteiger partial charge in [-0.25, -0.2) is 9.36 Å². The van der Waals surface area contributed by atoms with Crippen LogP contribution in [0.4, 0.5) is 0 Å². The van der Waals surface area contributed by atoms with Crippen LogP contribution in [-0.4, -0.2) is 31.4 Å². The van der Waals surface area contributed by atoms with E-state index >= 15 is 0 Å². The summed E-state index contributed by atoms with van der Waals surface area (Å²) < 4.78 is 34.3. The maximum Gasteiger partial charge on any atom is 0.380 e. The lowest BCUT2D eigenvalue weighted by Crippen LogP contribution is -2.23. The highest BCUT2D eigenvalue weighted by Crippen LogP contribution is 2.51. The summed E-state index contributed by atoms with van der Waals surface area (Å²) in [5, 5.41) is 0. The number of carbonyl (C=O) groups excluding carboxylic acids is 1. The van der Waals surface area contributed by atoms with E-state index in [1.807, 2.05) is 13.8 Å². The minimum atomic E-state index is -3.51. The lowest BCUT2D eigenvalue weighted by Gasteiger charge is -2.23. The Hall–Kier alpha value is -1.52. The summed E-state index contributed by atoms with van der Waals surface area (Å²) in [6.07, 6.45) is -0.188. The highest BCUT2D eigenvalue weighted by atomic mass is 31.2. The molecule has 2 atom stereocenters. The van der Waals surface area contributed by atoms with Gasteiger partial charge in [-0.15, -0.1) is 0 Å². The molecule has 23 heavy (non-hydrogen) atoms. The van der Waals surface area contributed by atoms with Gasteiger partial charge >= 0.3 is 13.6 Å². The first-order valence-electron chi connectivity index (χ1n) is 7.81. The van der Waals surface area contributed by atoms with Gasteiger partial charge in [0.25, 0.3) is 0 Å². The largest absolute Gasteiger partial charge is 0.490 e. The van der Waals surface area contributed by atoms with Crippen LogP contribution in [-0.2, 0) is 18.6 Å². The molecule has 0 heterocycles. The molecule has 0 spiro atoms. The lowest BCUT2D eigenvalue weighted by molar-refractivity contribution is -0.150. The predicted octanol–water partition coefficient (Wildman–Crippen LogP) is 4.04. The molecule has 130 valence electrons. The zero-order valence-corrected chi connectivity index (χ0v) is 15.0. The van der Waals surface area contributed by atoms with Crippen molar-refractivity contribution in [2.45, 2.75) is 40.2 Å². The van der Waals surface area contributed by atoms with Gasteiger partial charge in [-0.1, -0.05) is 19.1 Å². The van der Waals surface area contributed by atoms with Crippen molar-refractivity contribution in [2.75, 3.05) is 19.4 Å². The Kier molecular flexibility index (Phi) is 8.13. The number of rotatable bonds is 10. The first kappa shape index (κ1) is 19.5. The fourth-order valence-electron chi connectivity index (χ4n) is 1.89. The number of ether oxygens (including phenoxy) is 2. The smallest absolute Gasteiger partial charge is 0.380 e. The predicted molar refractivity (Wildman–Crippen MR) is 88.2 cm³/mol. The van der Waals surface area contributed by atoms with Crippen LogP contribution in [0.25, 0.3) is 0 Å². The average molecular weight is 344 g/mol. The van der Waals surface area contributed by atoms with E-state index in [4.69, 9.17) is 18.5 Å². The van der Waals surface area contributed by atoms with Crippen molar-refractivity contribution in [2.24, 2.45) is 0 Å². The Morgan fingerprint density at radius 2 is 1.78 bits per heavy atom. The van der Waals surface area contributed by atoms with Crippen LogP contribution < -0.4 is 9.26 Å². The number of benzene rings is 1. The molecule has 0 fully saturated rings. The number of hydrogen-bond donors (Lipinski definition) is 0. The molecule has 0 aliphatic rings. The number of esters is 1. The van der Waals surface area contributed by atoms with Gasteiger partial charge < -0.3 is 14.0 Å². The molecular formula is C16H25O6P. The normalized spacial score (nSPS) is 14.6. The van der Waals surface area contributed by atoms with Crippen molar-refractivity contribution in [1.29, 1.82) is 0 Å². The van der Waals surface area contributed by atoms with Gasteiger partial charge in [0, 0.05) is 0 Å². The summed E-state index contributed by atoms with van der Waals surface area (Å²) in [5.74, 6) is 0.256. The van der Waals surface area contributed by atoms with Crippen molar-refractivity contribution >= 4 is 13.6 Å². The van der Waals surface area contributed by atoms with Gasteiger partial charge in [-0.05, 0) is 39.3 Å². The zero-order chi connectivity index (χ0) is 17.3.